The van der Waals surface area contributed by atoms with E-state index in [-0.39, 0.29) is 0 Å². The van der Waals surface area contributed by atoms with E-state index in [0.29, 0.717) is 17.8 Å². The SMILES string of the molecule is CN1C2CC1CN(c1ccccc1O)C2. The Balaban J connectivity index is 1.83. The summed E-state index contributed by atoms with van der Waals surface area (Å²) < 4.78 is 0. The highest BCUT2D eigenvalue weighted by atomic mass is 16.3. The highest BCUT2D eigenvalue weighted by Crippen LogP contribution is 2.36. The predicted molar refractivity (Wildman–Crippen MR) is 60.3 cm³/mol. The van der Waals surface area contributed by atoms with Crippen LogP contribution in [0.2, 0.25) is 0 Å². The van der Waals surface area contributed by atoms with Crippen LogP contribution >= 0.6 is 0 Å². The molecule has 0 spiro atoms. The fourth-order valence-corrected chi connectivity index (χ4v) is 2.73. The van der Waals surface area contributed by atoms with Gasteiger partial charge in [-0.3, -0.25) is 4.90 Å². The van der Waals surface area contributed by atoms with Crippen molar-refractivity contribution in [3.05, 3.63) is 24.3 Å². The van der Waals surface area contributed by atoms with Crippen LogP contribution in [-0.4, -0.2) is 42.2 Å². The number of phenols is 1. The number of hydrogen-bond donors (Lipinski definition) is 1. The number of hydrogen-bond acceptors (Lipinski definition) is 3. The molecule has 3 saturated heterocycles. The number of aromatic hydroxyl groups is 1. The summed E-state index contributed by atoms with van der Waals surface area (Å²) in [5.41, 5.74) is 0.986. The summed E-state index contributed by atoms with van der Waals surface area (Å²) in [6, 6.07) is 8.99. The second kappa shape index (κ2) is 3.14. The minimum atomic E-state index is 0.404. The second-order valence-corrected chi connectivity index (χ2v) is 4.60. The van der Waals surface area contributed by atoms with Gasteiger partial charge in [0, 0.05) is 25.2 Å². The van der Waals surface area contributed by atoms with Gasteiger partial charge >= 0.3 is 0 Å². The van der Waals surface area contributed by atoms with Crippen molar-refractivity contribution in [2.75, 3.05) is 25.0 Å². The van der Waals surface area contributed by atoms with Crippen molar-refractivity contribution in [1.29, 1.82) is 0 Å². The van der Waals surface area contributed by atoms with Crippen molar-refractivity contribution < 1.29 is 5.11 Å². The molecule has 80 valence electrons. The molecule has 0 aromatic heterocycles. The number of para-hydroxylation sites is 2. The van der Waals surface area contributed by atoms with Crippen LogP contribution in [0.3, 0.4) is 0 Å². The Labute approximate surface area is 89.9 Å². The number of benzene rings is 1. The van der Waals surface area contributed by atoms with Crippen molar-refractivity contribution >= 4 is 5.69 Å². The zero-order chi connectivity index (χ0) is 10.4. The van der Waals surface area contributed by atoms with Crippen molar-refractivity contribution in [1.82, 2.24) is 4.90 Å². The lowest BCUT2D eigenvalue weighted by molar-refractivity contribution is 0.0262. The largest absolute Gasteiger partial charge is 0.506 e. The Morgan fingerprint density at radius 2 is 1.87 bits per heavy atom. The molecule has 0 amide bonds. The quantitative estimate of drug-likeness (QED) is 0.746. The Morgan fingerprint density at radius 1 is 1.20 bits per heavy atom. The monoisotopic (exact) mass is 204 g/mol. The minimum Gasteiger partial charge on any atom is -0.506 e. The van der Waals surface area contributed by atoms with Crippen molar-refractivity contribution in [2.45, 2.75) is 18.5 Å². The first-order valence-electron chi connectivity index (χ1n) is 5.50. The normalized spacial score (nSPS) is 30.1. The van der Waals surface area contributed by atoms with Crippen LogP contribution in [0.5, 0.6) is 5.75 Å². The first-order chi connectivity index (χ1) is 7.25. The van der Waals surface area contributed by atoms with Crippen LogP contribution in [0.1, 0.15) is 6.42 Å². The van der Waals surface area contributed by atoms with Gasteiger partial charge in [0.25, 0.3) is 0 Å². The van der Waals surface area contributed by atoms with Crippen molar-refractivity contribution in [3.63, 3.8) is 0 Å². The molecule has 1 aromatic rings. The molecule has 0 aliphatic carbocycles. The van der Waals surface area contributed by atoms with E-state index in [1.165, 1.54) is 6.42 Å². The van der Waals surface area contributed by atoms with Gasteiger partial charge in [-0.05, 0) is 25.6 Å². The molecule has 2 unspecified atom stereocenters. The molecule has 3 aliphatic heterocycles. The van der Waals surface area contributed by atoms with Gasteiger partial charge in [-0.2, -0.15) is 0 Å². The summed E-state index contributed by atoms with van der Waals surface area (Å²) in [6.07, 6.45) is 1.32. The number of phenolic OH excluding ortho intramolecular Hbond substituents is 1. The van der Waals surface area contributed by atoms with E-state index in [1.807, 2.05) is 18.2 Å². The van der Waals surface area contributed by atoms with E-state index < -0.39 is 0 Å². The van der Waals surface area contributed by atoms with Crippen LogP contribution in [0, 0.1) is 0 Å². The predicted octanol–water partition coefficient (Wildman–Crippen LogP) is 1.28. The topological polar surface area (TPSA) is 26.7 Å². The van der Waals surface area contributed by atoms with Gasteiger partial charge in [-0.15, -0.1) is 0 Å². The van der Waals surface area contributed by atoms with Crippen LogP contribution in [0.15, 0.2) is 24.3 Å². The third kappa shape index (κ3) is 1.30. The van der Waals surface area contributed by atoms with Gasteiger partial charge in [0.15, 0.2) is 0 Å². The Kier molecular flexibility index (Phi) is 1.89. The molecule has 0 radical (unpaired) electrons. The molecule has 1 aromatic carbocycles. The lowest BCUT2D eigenvalue weighted by Crippen LogP contribution is -2.67. The average molecular weight is 204 g/mol. The fraction of sp³-hybridized carbons (Fsp3) is 0.500. The fourth-order valence-electron chi connectivity index (χ4n) is 2.73. The molecule has 2 bridgehead atoms. The van der Waals surface area contributed by atoms with Crippen LogP contribution in [-0.2, 0) is 0 Å². The molecule has 3 heterocycles. The third-order valence-corrected chi connectivity index (χ3v) is 3.78. The van der Waals surface area contributed by atoms with Crippen LogP contribution in [0.25, 0.3) is 0 Å². The molecule has 0 saturated carbocycles. The van der Waals surface area contributed by atoms with Gasteiger partial charge < -0.3 is 10.0 Å². The summed E-state index contributed by atoms with van der Waals surface area (Å²) in [4.78, 5) is 4.74. The van der Waals surface area contributed by atoms with E-state index in [4.69, 9.17) is 0 Å². The Morgan fingerprint density at radius 3 is 2.47 bits per heavy atom. The summed E-state index contributed by atoms with van der Waals surface area (Å²) in [6.45, 7) is 2.09. The molecular weight excluding hydrogens is 188 g/mol. The molecular formula is C12H16N2O. The number of nitrogens with zero attached hydrogens (tertiary/aromatic N) is 2. The maximum absolute atomic E-state index is 9.77. The van der Waals surface area contributed by atoms with Crippen LogP contribution in [0.4, 0.5) is 5.69 Å². The number of fused-ring (bicyclic) bond motifs is 2. The van der Waals surface area contributed by atoms with E-state index in [2.05, 4.69) is 16.8 Å². The third-order valence-electron chi connectivity index (χ3n) is 3.78. The first-order valence-corrected chi connectivity index (χ1v) is 5.50. The van der Waals surface area contributed by atoms with Gasteiger partial charge in [0.05, 0.1) is 5.69 Å². The van der Waals surface area contributed by atoms with Gasteiger partial charge in [0.2, 0.25) is 0 Å². The van der Waals surface area contributed by atoms with Crippen molar-refractivity contribution in [3.8, 4) is 5.75 Å². The van der Waals surface area contributed by atoms with Gasteiger partial charge in [-0.1, -0.05) is 12.1 Å². The summed E-state index contributed by atoms with van der Waals surface area (Å²) in [7, 11) is 2.20. The van der Waals surface area contributed by atoms with E-state index in [0.717, 1.165) is 18.8 Å². The van der Waals surface area contributed by atoms with E-state index in [9.17, 15) is 5.11 Å². The summed E-state index contributed by atoms with van der Waals surface area (Å²) >= 11 is 0. The Hall–Kier alpha value is -1.22. The van der Waals surface area contributed by atoms with Gasteiger partial charge in [0.1, 0.15) is 5.75 Å². The second-order valence-electron chi connectivity index (χ2n) is 4.60. The van der Waals surface area contributed by atoms with E-state index >= 15 is 0 Å². The Bertz CT molecular complexity index is 368. The average Bonchev–Trinajstić information content (AvgIpc) is 2.29. The number of likely N-dealkylation sites (N-methyl/N-ethyl adjacent to an activating group) is 1. The van der Waals surface area contributed by atoms with E-state index in [1.54, 1.807) is 6.07 Å². The van der Waals surface area contributed by atoms with Crippen molar-refractivity contribution in [2.24, 2.45) is 0 Å². The number of anilines is 1. The zero-order valence-corrected chi connectivity index (χ0v) is 8.93. The zero-order valence-electron chi connectivity index (χ0n) is 8.93. The number of piperidine rings is 1. The molecule has 3 fully saturated rings. The van der Waals surface area contributed by atoms with Crippen LogP contribution < -0.4 is 4.90 Å². The summed E-state index contributed by atoms with van der Waals surface area (Å²) in [5.74, 6) is 0.404. The highest BCUT2D eigenvalue weighted by Gasteiger charge is 2.42. The molecule has 3 aliphatic rings. The molecule has 2 atom stereocenters. The minimum absolute atomic E-state index is 0.404. The maximum Gasteiger partial charge on any atom is 0.138 e. The smallest absolute Gasteiger partial charge is 0.138 e. The lowest BCUT2D eigenvalue weighted by Gasteiger charge is -2.55. The molecule has 3 nitrogen and oxygen atoms in total. The first kappa shape index (κ1) is 9.04. The highest BCUT2D eigenvalue weighted by molar-refractivity contribution is 5.58. The molecule has 15 heavy (non-hydrogen) atoms. The number of piperazine rings is 1. The molecule has 3 heteroatoms. The standard InChI is InChI=1S/C12H16N2O/c1-13-9-6-10(13)8-14(7-9)11-4-2-3-5-12(11)15/h2-5,9-10,15H,6-8H2,1H3. The van der Waals surface area contributed by atoms with Gasteiger partial charge in [-0.25, -0.2) is 0 Å². The lowest BCUT2D eigenvalue weighted by atomic mass is 9.88. The maximum atomic E-state index is 9.77. The summed E-state index contributed by atoms with van der Waals surface area (Å²) in [5, 5.41) is 9.77. The molecule has 1 N–H and O–H groups in total. The number of rotatable bonds is 1. The molecule has 4 rings (SSSR count).